The third-order valence-electron chi connectivity index (χ3n) is 3.95. The van der Waals surface area contributed by atoms with Gasteiger partial charge in [0.25, 0.3) is 5.91 Å². The van der Waals surface area contributed by atoms with Gasteiger partial charge in [-0.2, -0.15) is 5.48 Å². The van der Waals surface area contributed by atoms with Crippen LogP contribution in [0.1, 0.15) is 48.9 Å². The van der Waals surface area contributed by atoms with E-state index in [1.54, 1.807) is 12.1 Å². The SMILES string of the molecule is O=C(CCCCCCC(=O)Nc1ccccc1)NOC(=O)c1ccc(Cl)cc1. The number of amides is 2. The Morgan fingerprint density at radius 3 is 2.04 bits per heavy atom. The van der Waals surface area contributed by atoms with Gasteiger partial charge in [-0.3, -0.25) is 9.59 Å². The van der Waals surface area contributed by atoms with E-state index in [1.807, 2.05) is 30.3 Å². The normalized spacial score (nSPS) is 10.2. The Hall–Kier alpha value is -2.86. The highest BCUT2D eigenvalue weighted by atomic mass is 35.5. The van der Waals surface area contributed by atoms with Crippen molar-refractivity contribution in [2.45, 2.75) is 38.5 Å². The van der Waals surface area contributed by atoms with E-state index in [0.29, 0.717) is 23.4 Å². The van der Waals surface area contributed by atoms with Crippen LogP contribution in [0.5, 0.6) is 0 Å². The summed E-state index contributed by atoms with van der Waals surface area (Å²) in [6, 6.07) is 15.5. The molecule has 6 nitrogen and oxygen atoms in total. The molecule has 148 valence electrons. The molecule has 0 saturated heterocycles. The molecule has 2 aromatic rings. The molecule has 0 aliphatic carbocycles. The monoisotopic (exact) mass is 402 g/mol. The molecule has 0 bridgehead atoms. The van der Waals surface area contributed by atoms with Gasteiger partial charge >= 0.3 is 5.97 Å². The minimum absolute atomic E-state index is 0.0157. The second-order valence-electron chi connectivity index (χ2n) is 6.25. The summed E-state index contributed by atoms with van der Waals surface area (Å²) >= 11 is 5.75. The second kappa shape index (κ2) is 11.8. The average molecular weight is 403 g/mol. The summed E-state index contributed by atoms with van der Waals surface area (Å²) in [6.45, 7) is 0. The van der Waals surface area contributed by atoms with Crippen molar-refractivity contribution in [2.75, 3.05) is 5.32 Å². The number of hydrogen-bond donors (Lipinski definition) is 2. The van der Waals surface area contributed by atoms with Crippen molar-refractivity contribution in [3.05, 3.63) is 65.2 Å². The highest BCUT2D eigenvalue weighted by Gasteiger charge is 2.09. The van der Waals surface area contributed by atoms with Gasteiger partial charge in [0.2, 0.25) is 5.91 Å². The number of hydrogen-bond acceptors (Lipinski definition) is 4. The molecule has 0 spiro atoms. The van der Waals surface area contributed by atoms with E-state index in [9.17, 15) is 14.4 Å². The molecule has 0 radical (unpaired) electrons. The fourth-order valence-corrected chi connectivity index (χ4v) is 2.59. The zero-order valence-corrected chi connectivity index (χ0v) is 16.2. The number of unbranched alkanes of at least 4 members (excludes halogenated alkanes) is 3. The maximum Gasteiger partial charge on any atom is 0.362 e. The van der Waals surface area contributed by atoms with Gasteiger partial charge in [0.05, 0.1) is 5.56 Å². The van der Waals surface area contributed by atoms with E-state index < -0.39 is 5.97 Å². The quantitative estimate of drug-likeness (QED) is 0.477. The minimum atomic E-state index is -0.644. The predicted octanol–water partition coefficient (Wildman–Crippen LogP) is 4.51. The smallest absolute Gasteiger partial charge is 0.335 e. The molecule has 0 atom stereocenters. The lowest BCUT2D eigenvalue weighted by Gasteiger charge is -2.06. The van der Waals surface area contributed by atoms with E-state index in [0.717, 1.165) is 24.9 Å². The number of carbonyl (C=O) groups is 3. The van der Waals surface area contributed by atoms with Gasteiger partial charge in [0.15, 0.2) is 0 Å². The molecule has 28 heavy (non-hydrogen) atoms. The Morgan fingerprint density at radius 1 is 0.786 bits per heavy atom. The van der Waals surface area contributed by atoms with Gasteiger partial charge in [-0.1, -0.05) is 42.6 Å². The number of anilines is 1. The Bertz CT molecular complexity index is 779. The molecular formula is C21H23ClN2O4. The first-order chi connectivity index (χ1) is 13.5. The van der Waals surface area contributed by atoms with Crippen LogP contribution in [0.3, 0.4) is 0 Å². The summed E-state index contributed by atoms with van der Waals surface area (Å²) < 4.78 is 0. The van der Waals surface area contributed by atoms with Gasteiger partial charge in [0, 0.05) is 23.6 Å². The lowest BCUT2D eigenvalue weighted by atomic mass is 10.1. The van der Waals surface area contributed by atoms with Crippen molar-refractivity contribution in [1.29, 1.82) is 0 Å². The second-order valence-corrected chi connectivity index (χ2v) is 6.69. The maximum absolute atomic E-state index is 11.8. The van der Waals surface area contributed by atoms with Gasteiger partial charge in [-0.15, -0.1) is 0 Å². The molecule has 0 aliphatic rings. The van der Waals surface area contributed by atoms with Crippen molar-refractivity contribution >= 4 is 35.1 Å². The number of rotatable bonds is 9. The molecule has 0 aromatic heterocycles. The lowest BCUT2D eigenvalue weighted by Crippen LogP contribution is -2.26. The van der Waals surface area contributed by atoms with Crippen molar-refractivity contribution in [1.82, 2.24) is 5.48 Å². The predicted molar refractivity (Wildman–Crippen MR) is 108 cm³/mol. The van der Waals surface area contributed by atoms with Crippen LogP contribution in [0.25, 0.3) is 0 Å². The molecule has 0 aliphatic heterocycles. The fraction of sp³-hybridized carbons (Fsp3) is 0.286. The minimum Gasteiger partial charge on any atom is -0.335 e. The van der Waals surface area contributed by atoms with Crippen LogP contribution >= 0.6 is 11.6 Å². The van der Waals surface area contributed by atoms with Crippen LogP contribution in [-0.2, 0) is 14.4 Å². The zero-order chi connectivity index (χ0) is 20.2. The highest BCUT2D eigenvalue weighted by molar-refractivity contribution is 6.30. The molecule has 0 unspecified atom stereocenters. The van der Waals surface area contributed by atoms with Crippen molar-refractivity contribution in [3.63, 3.8) is 0 Å². The first kappa shape index (κ1) is 21.4. The Labute approximate surface area is 169 Å². The summed E-state index contributed by atoms with van der Waals surface area (Å²) in [5.74, 6) is -1.02. The first-order valence-electron chi connectivity index (χ1n) is 9.15. The number of nitrogens with one attached hydrogen (secondary N) is 2. The summed E-state index contributed by atoms with van der Waals surface area (Å²) in [6.07, 6.45) is 3.78. The van der Waals surface area contributed by atoms with Crippen LogP contribution in [-0.4, -0.2) is 17.8 Å². The maximum atomic E-state index is 11.8. The molecule has 2 amide bonds. The molecule has 2 aromatic carbocycles. The van der Waals surface area contributed by atoms with Gasteiger partial charge in [-0.25, -0.2) is 4.79 Å². The van der Waals surface area contributed by atoms with Gasteiger partial charge in [0.1, 0.15) is 0 Å². The zero-order valence-electron chi connectivity index (χ0n) is 15.4. The van der Waals surface area contributed by atoms with Crippen LogP contribution in [0, 0.1) is 0 Å². The molecule has 7 heteroatoms. The lowest BCUT2D eigenvalue weighted by molar-refractivity contribution is -0.130. The number of halogens is 1. The number of benzene rings is 2. The third-order valence-corrected chi connectivity index (χ3v) is 4.20. The van der Waals surface area contributed by atoms with Crippen molar-refractivity contribution in [2.24, 2.45) is 0 Å². The Morgan fingerprint density at radius 2 is 1.39 bits per heavy atom. The highest BCUT2D eigenvalue weighted by Crippen LogP contribution is 2.11. The average Bonchev–Trinajstić information content (AvgIpc) is 2.70. The Balaban J connectivity index is 1.51. The van der Waals surface area contributed by atoms with E-state index in [1.165, 1.54) is 12.1 Å². The summed E-state index contributed by atoms with van der Waals surface area (Å²) in [4.78, 5) is 40.0. The summed E-state index contributed by atoms with van der Waals surface area (Å²) in [5, 5.41) is 3.35. The van der Waals surface area contributed by atoms with Crippen LogP contribution < -0.4 is 10.8 Å². The molecule has 2 N–H and O–H groups in total. The van der Waals surface area contributed by atoms with E-state index >= 15 is 0 Å². The number of para-hydroxylation sites is 1. The van der Waals surface area contributed by atoms with Crippen molar-refractivity contribution in [3.8, 4) is 0 Å². The number of hydroxylamine groups is 1. The van der Waals surface area contributed by atoms with E-state index in [4.69, 9.17) is 16.4 Å². The van der Waals surface area contributed by atoms with Gasteiger partial charge < -0.3 is 10.2 Å². The number of carbonyl (C=O) groups excluding carboxylic acids is 3. The molecule has 0 heterocycles. The Kier molecular flexibility index (Phi) is 9.01. The van der Waals surface area contributed by atoms with E-state index in [-0.39, 0.29) is 18.2 Å². The van der Waals surface area contributed by atoms with E-state index in [2.05, 4.69) is 10.8 Å². The topological polar surface area (TPSA) is 84.5 Å². The largest absolute Gasteiger partial charge is 0.362 e. The molecular weight excluding hydrogens is 380 g/mol. The first-order valence-corrected chi connectivity index (χ1v) is 9.53. The molecule has 0 saturated carbocycles. The molecule has 0 fully saturated rings. The van der Waals surface area contributed by atoms with Crippen LogP contribution in [0.2, 0.25) is 5.02 Å². The van der Waals surface area contributed by atoms with Crippen LogP contribution in [0.15, 0.2) is 54.6 Å². The van der Waals surface area contributed by atoms with Crippen LogP contribution in [0.4, 0.5) is 5.69 Å². The summed E-state index contributed by atoms with van der Waals surface area (Å²) in [7, 11) is 0. The standard InChI is InChI=1S/C21H23ClN2O4/c22-17-14-12-16(13-15-17)21(27)28-24-20(26)11-7-2-1-6-10-19(25)23-18-8-4-3-5-9-18/h3-5,8-9,12-15H,1-2,6-7,10-11H2,(H,23,25)(H,24,26). The summed E-state index contributed by atoms with van der Waals surface area (Å²) in [5.41, 5.74) is 3.24. The fourth-order valence-electron chi connectivity index (χ4n) is 2.47. The third kappa shape index (κ3) is 8.22. The molecule has 2 rings (SSSR count). The van der Waals surface area contributed by atoms with Crippen molar-refractivity contribution < 1.29 is 19.2 Å². The van der Waals surface area contributed by atoms with Gasteiger partial charge in [-0.05, 0) is 49.2 Å².